The van der Waals surface area contributed by atoms with Gasteiger partial charge in [0.25, 0.3) is 0 Å². The van der Waals surface area contributed by atoms with E-state index in [1.54, 1.807) is 18.7 Å². The molecule has 0 atom stereocenters. The van der Waals surface area contributed by atoms with Gasteiger partial charge in [-0.05, 0) is 22.0 Å². The Morgan fingerprint density at radius 2 is 1.68 bits per heavy atom. The number of aromatic nitrogens is 6. The lowest BCUT2D eigenvalue weighted by Crippen LogP contribution is -2.47. The van der Waals surface area contributed by atoms with E-state index in [0.29, 0.717) is 5.65 Å². The van der Waals surface area contributed by atoms with E-state index in [4.69, 9.17) is 0 Å². The number of halogens is 1. The Morgan fingerprint density at radius 3 is 2.45 bits per heavy atom. The van der Waals surface area contributed by atoms with Crippen molar-refractivity contribution in [2.24, 2.45) is 0 Å². The van der Waals surface area contributed by atoms with Crippen LogP contribution >= 0.6 is 15.9 Å². The third-order valence-corrected chi connectivity index (χ3v) is 4.27. The Bertz CT molecular complexity index is 781. The average molecular weight is 361 g/mol. The fraction of sp³-hybridized carbons (Fsp3) is 0.308. The van der Waals surface area contributed by atoms with Crippen molar-refractivity contribution in [2.45, 2.75) is 0 Å². The molecule has 0 unspecified atom stereocenters. The highest BCUT2D eigenvalue weighted by Gasteiger charge is 2.23. The number of piperazine rings is 1. The van der Waals surface area contributed by atoms with Crippen molar-refractivity contribution in [2.75, 3.05) is 36.0 Å². The summed E-state index contributed by atoms with van der Waals surface area (Å²) in [5.74, 6) is 1.68. The van der Waals surface area contributed by atoms with Crippen molar-refractivity contribution in [3.8, 4) is 0 Å². The first-order valence-electron chi connectivity index (χ1n) is 6.94. The van der Waals surface area contributed by atoms with E-state index in [0.717, 1.165) is 47.9 Å². The van der Waals surface area contributed by atoms with Gasteiger partial charge in [0, 0.05) is 38.6 Å². The van der Waals surface area contributed by atoms with Crippen molar-refractivity contribution < 1.29 is 0 Å². The van der Waals surface area contributed by atoms with E-state index >= 15 is 0 Å². The van der Waals surface area contributed by atoms with Crippen molar-refractivity contribution in [1.29, 1.82) is 0 Å². The number of aromatic amines is 1. The predicted octanol–water partition coefficient (Wildman–Crippen LogP) is 1.23. The Kier molecular flexibility index (Phi) is 3.34. The first kappa shape index (κ1) is 13.4. The van der Waals surface area contributed by atoms with Crippen molar-refractivity contribution in [3.63, 3.8) is 0 Å². The van der Waals surface area contributed by atoms with Crippen LogP contribution < -0.4 is 9.80 Å². The second-order valence-corrected chi connectivity index (χ2v) is 5.75. The molecule has 3 aromatic rings. The lowest BCUT2D eigenvalue weighted by Gasteiger charge is -2.35. The quantitative estimate of drug-likeness (QED) is 0.735. The molecule has 0 radical (unpaired) electrons. The molecule has 1 aliphatic rings. The maximum Gasteiger partial charge on any atom is 0.225 e. The van der Waals surface area contributed by atoms with Crippen LogP contribution in [0.4, 0.5) is 11.8 Å². The van der Waals surface area contributed by atoms with Gasteiger partial charge in [-0.3, -0.25) is 5.10 Å². The van der Waals surface area contributed by atoms with Gasteiger partial charge in [-0.2, -0.15) is 5.10 Å². The molecule has 1 fully saturated rings. The molecule has 1 N–H and O–H groups in total. The van der Waals surface area contributed by atoms with Crippen LogP contribution in [0.25, 0.3) is 11.0 Å². The monoisotopic (exact) mass is 360 g/mol. The highest BCUT2D eigenvalue weighted by atomic mass is 79.9. The molecule has 22 heavy (non-hydrogen) atoms. The minimum absolute atomic E-state index is 0.672. The Labute approximate surface area is 134 Å². The Morgan fingerprint density at radius 1 is 0.955 bits per heavy atom. The lowest BCUT2D eigenvalue weighted by atomic mass is 10.3. The van der Waals surface area contributed by atoms with Gasteiger partial charge in [0.05, 0.1) is 5.39 Å². The molecule has 0 saturated carbocycles. The number of rotatable bonds is 2. The van der Waals surface area contributed by atoms with E-state index in [-0.39, 0.29) is 0 Å². The third-order valence-electron chi connectivity index (χ3n) is 3.70. The third kappa shape index (κ3) is 2.27. The fourth-order valence-corrected chi connectivity index (χ4v) is 3.06. The summed E-state index contributed by atoms with van der Waals surface area (Å²) in [6, 6.07) is 1.83. The number of H-pyrrole nitrogens is 1. The summed E-state index contributed by atoms with van der Waals surface area (Å²) in [6.45, 7) is 3.40. The van der Waals surface area contributed by atoms with Gasteiger partial charge in [-0.25, -0.2) is 19.9 Å². The summed E-state index contributed by atoms with van der Waals surface area (Å²) in [7, 11) is 0. The number of nitrogens with one attached hydrogen (secondary N) is 1. The minimum atomic E-state index is 0.672. The van der Waals surface area contributed by atoms with Crippen LogP contribution in [0, 0.1) is 0 Å². The predicted molar refractivity (Wildman–Crippen MR) is 85.8 cm³/mol. The van der Waals surface area contributed by atoms with E-state index in [1.807, 2.05) is 6.07 Å². The van der Waals surface area contributed by atoms with Crippen LogP contribution in [0.2, 0.25) is 0 Å². The summed E-state index contributed by atoms with van der Waals surface area (Å²) in [6.07, 6.45) is 5.09. The zero-order valence-corrected chi connectivity index (χ0v) is 13.2. The molecule has 0 bridgehead atoms. The number of anilines is 2. The van der Waals surface area contributed by atoms with Crippen molar-refractivity contribution in [3.05, 3.63) is 29.4 Å². The zero-order valence-electron chi connectivity index (χ0n) is 11.6. The summed E-state index contributed by atoms with van der Waals surface area (Å²) < 4.78 is 0.812. The van der Waals surface area contributed by atoms with Crippen LogP contribution in [-0.2, 0) is 0 Å². The average Bonchev–Trinajstić information content (AvgIpc) is 2.97. The highest BCUT2D eigenvalue weighted by Crippen LogP contribution is 2.28. The molecule has 0 spiro atoms. The molecular weight excluding hydrogens is 348 g/mol. The van der Waals surface area contributed by atoms with Crippen LogP contribution in [0.3, 0.4) is 0 Å². The Balaban J connectivity index is 1.57. The van der Waals surface area contributed by atoms with Gasteiger partial charge in [-0.15, -0.1) is 0 Å². The van der Waals surface area contributed by atoms with Gasteiger partial charge in [-0.1, -0.05) is 0 Å². The van der Waals surface area contributed by atoms with E-state index in [9.17, 15) is 0 Å². The number of hydrogen-bond donors (Lipinski definition) is 1. The number of nitrogens with zero attached hydrogens (tertiary/aromatic N) is 7. The summed E-state index contributed by atoms with van der Waals surface area (Å²) in [5.41, 5.74) is 0.672. The number of fused-ring (bicyclic) bond motifs is 1. The second-order valence-electron chi connectivity index (χ2n) is 4.96. The highest BCUT2D eigenvalue weighted by molar-refractivity contribution is 9.10. The van der Waals surface area contributed by atoms with Crippen LogP contribution in [0.15, 0.2) is 29.4 Å². The van der Waals surface area contributed by atoms with Crippen molar-refractivity contribution >= 4 is 38.7 Å². The van der Waals surface area contributed by atoms with Gasteiger partial charge in [0.1, 0.15) is 16.7 Å². The van der Waals surface area contributed by atoms with Crippen molar-refractivity contribution in [1.82, 2.24) is 30.1 Å². The fourth-order valence-electron chi connectivity index (χ4n) is 2.62. The molecule has 112 valence electrons. The largest absolute Gasteiger partial charge is 0.352 e. The van der Waals surface area contributed by atoms with E-state index in [1.165, 1.54) is 0 Å². The normalized spacial score (nSPS) is 15.5. The molecular formula is C13H13BrN8. The molecule has 4 heterocycles. The zero-order chi connectivity index (χ0) is 14.9. The SMILES string of the molecule is Brc1[nH]nc2ncnc(N3CCN(c4ncccn4)CC3)c12. The Hall–Kier alpha value is -2.29. The molecule has 0 aromatic carbocycles. The van der Waals surface area contributed by atoms with Gasteiger partial charge < -0.3 is 9.80 Å². The second kappa shape index (κ2) is 5.48. The van der Waals surface area contributed by atoms with E-state index < -0.39 is 0 Å². The molecule has 9 heteroatoms. The van der Waals surface area contributed by atoms with Gasteiger partial charge in [0.15, 0.2) is 5.65 Å². The molecule has 1 aliphatic heterocycles. The van der Waals surface area contributed by atoms with Crippen LogP contribution in [0.1, 0.15) is 0 Å². The topological polar surface area (TPSA) is 86.7 Å². The summed E-state index contributed by atoms with van der Waals surface area (Å²) >= 11 is 3.48. The minimum Gasteiger partial charge on any atom is -0.352 e. The summed E-state index contributed by atoms with van der Waals surface area (Å²) in [5, 5.41) is 7.98. The molecule has 1 saturated heterocycles. The standard InChI is InChI=1S/C13H13BrN8/c14-10-9-11(20-19-10)17-8-18-12(9)21-4-6-22(7-5-21)13-15-2-1-3-16-13/h1-3,8H,4-7H2,(H,17,18,19,20). The van der Waals surface area contributed by atoms with E-state index in [2.05, 4.69) is 55.9 Å². The van der Waals surface area contributed by atoms with Crippen LogP contribution in [-0.4, -0.2) is 56.3 Å². The summed E-state index contributed by atoms with van der Waals surface area (Å²) in [4.78, 5) is 21.6. The molecule has 0 aliphatic carbocycles. The maximum atomic E-state index is 4.44. The first-order valence-corrected chi connectivity index (χ1v) is 7.74. The van der Waals surface area contributed by atoms with Crippen LogP contribution in [0.5, 0.6) is 0 Å². The lowest BCUT2D eigenvalue weighted by molar-refractivity contribution is 0.636. The van der Waals surface area contributed by atoms with Gasteiger partial charge >= 0.3 is 0 Å². The number of hydrogen-bond acceptors (Lipinski definition) is 7. The maximum absolute atomic E-state index is 4.44. The molecule has 3 aromatic heterocycles. The smallest absolute Gasteiger partial charge is 0.225 e. The first-order chi connectivity index (χ1) is 10.8. The molecule has 0 amide bonds. The molecule has 4 rings (SSSR count). The molecule has 8 nitrogen and oxygen atoms in total. The van der Waals surface area contributed by atoms with Gasteiger partial charge in [0.2, 0.25) is 5.95 Å².